The molecule has 1 aromatic heterocycles. The summed E-state index contributed by atoms with van der Waals surface area (Å²) in [4.78, 5) is 25.7. The summed E-state index contributed by atoms with van der Waals surface area (Å²) in [5.41, 5.74) is 3.64. The first kappa shape index (κ1) is 19.2. The highest BCUT2D eigenvalue weighted by molar-refractivity contribution is 6.31. The molecule has 0 spiro atoms. The zero-order valence-corrected chi connectivity index (χ0v) is 17.1. The molecule has 1 amide bonds. The van der Waals surface area contributed by atoms with Crippen LogP contribution in [-0.4, -0.2) is 28.6 Å². The van der Waals surface area contributed by atoms with Crippen molar-refractivity contribution in [3.8, 4) is 11.4 Å². The van der Waals surface area contributed by atoms with Gasteiger partial charge in [-0.3, -0.25) is 9.59 Å². The number of hydrogen-bond donors (Lipinski definition) is 1. The van der Waals surface area contributed by atoms with Crippen LogP contribution in [0.4, 0.5) is 5.82 Å². The third kappa shape index (κ3) is 3.40. The van der Waals surface area contributed by atoms with E-state index >= 15 is 0 Å². The third-order valence-electron chi connectivity index (χ3n) is 5.19. The highest BCUT2D eigenvalue weighted by Crippen LogP contribution is 2.38. The predicted octanol–water partition coefficient (Wildman–Crippen LogP) is 4.46. The van der Waals surface area contributed by atoms with E-state index in [9.17, 15) is 9.59 Å². The van der Waals surface area contributed by atoms with Crippen molar-refractivity contribution in [2.45, 2.75) is 26.2 Å². The van der Waals surface area contributed by atoms with Crippen molar-refractivity contribution in [3.05, 3.63) is 69.9 Å². The number of fused-ring (bicyclic) bond motifs is 1. The molecule has 3 aromatic rings. The highest BCUT2D eigenvalue weighted by Gasteiger charge is 2.36. The average molecular weight is 410 g/mol. The van der Waals surface area contributed by atoms with Crippen LogP contribution >= 0.6 is 11.6 Å². The largest absolute Gasteiger partial charge is 0.497 e. The first-order valence-electron chi connectivity index (χ1n) is 9.23. The molecule has 0 bridgehead atoms. The third-order valence-corrected chi connectivity index (χ3v) is 5.60. The van der Waals surface area contributed by atoms with Crippen molar-refractivity contribution >= 4 is 29.1 Å². The van der Waals surface area contributed by atoms with E-state index in [1.807, 2.05) is 26.0 Å². The lowest BCUT2D eigenvalue weighted by Gasteiger charge is -2.23. The molecule has 0 aliphatic carbocycles. The second-order valence-corrected chi connectivity index (χ2v) is 7.50. The maximum atomic E-state index is 13.2. The minimum atomic E-state index is -0.596. The van der Waals surface area contributed by atoms with Gasteiger partial charge in [-0.05, 0) is 55.8 Å². The molecule has 1 aliphatic rings. The van der Waals surface area contributed by atoms with E-state index in [-0.39, 0.29) is 18.1 Å². The van der Waals surface area contributed by atoms with Crippen molar-refractivity contribution in [1.82, 2.24) is 9.78 Å². The summed E-state index contributed by atoms with van der Waals surface area (Å²) in [6.45, 7) is 3.76. The van der Waals surface area contributed by atoms with Gasteiger partial charge in [0.1, 0.15) is 11.6 Å². The number of rotatable bonds is 4. The fraction of sp³-hybridized carbons (Fsp3) is 0.227. The molecule has 2 aromatic carbocycles. The number of anilines is 1. The van der Waals surface area contributed by atoms with E-state index < -0.39 is 5.92 Å². The number of amides is 1. The number of ketones is 1. The summed E-state index contributed by atoms with van der Waals surface area (Å²) in [7, 11) is 1.57. The SMILES string of the molecule is COc1ccc(C(=O)[C@@H]2CC(=O)Nc3c2c(C)nn3-c2ccc(C)c(Cl)c2)cc1. The van der Waals surface area contributed by atoms with E-state index in [1.165, 1.54) is 0 Å². The molecule has 4 rings (SSSR count). The second-order valence-electron chi connectivity index (χ2n) is 7.09. The number of hydrogen-bond acceptors (Lipinski definition) is 4. The molecule has 7 heteroatoms. The number of halogens is 1. The number of benzene rings is 2. The standard InChI is InChI=1S/C22H20ClN3O3/c1-12-4-7-15(10-18(12)23)26-22-20(13(2)25-26)17(11-19(27)24-22)21(28)14-5-8-16(29-3)9-6-14/h4-10,17H,11H2,1-3H3,(H,24,27)/t17-/m1/s1. The summed E-state index contributed by atoms with van der Waals surface area (Å²) >= 11 is 6.27. The smallest absolute Gasteiger partial charge is 0.226 e. The lowest BCUT2D eigenvalue weighted by molar-refractivity contribution is -0.116. The number of carbonyl (C=O) groups is 2. The molecule has 148 valence electrons. The Balaban J connectivity index is 1.78. The van der Waals surface area contributed by atoms with E-state index in [0.717, 1.165) is 16.8 Å². The van der Waals surface area contributed by atoms with Crippen LogP contribution in [0, 0.1) is 13.8 Å². The van der Waals surface area contributed by atoms with Crippen molar-refractivity contribution in [1.29, 1.82) is 0 Å². The highest BCUT2D eigenvalue weighted by atomic mass is 35.5. The van der Waals surface area contributed by atoms with Crippen LogP contribution in [0.3, 0.4) is 0 Å². The normalized spacial score (nSPS) is 15.6. The van der Waals surface area contributed by atoms with Crippen LogP contribution in [0.1, 0.15) is 39.5 Å². The first-order valence-corrected chi connectivity index (χ1v) is 9.61. The fourth-order valence-corrected chi connectivity index (χ4v) is 3.80. The summed E-state index contributed by atoms with van der Waals surface area (Å²) in [6.07, 6.45) is 0.0824. The molecule has 0 saturated heterocycles. The predicted molar refractivity (Wildman–Crippen MR) is 111 cm³/mol. The second kappa shape index (κ2) is 7.37. The molecule has 0 saturated carbocycles. The molecule has 1 atom stereocenters. The molecule has 0 radical (unpaired) electrons. The van der Waals surface area contributed by atoms with Gasteiger partial charge >= 0.3 is 0 Å². The number of ether oxygens (including phenoxy) is 1. The number of aryl methyl sites for hydroxylation is 2. The van der Waals surface area contributed by atoms with Gasteiger partial charge < -0.3 is 10.1 Å². The number of Topliss-reactive ketones (excluding diaryl/α,β-unsaturated/α-hetero) is 1. The van der Waals surface area contributed by atoms with Gasteiger partial charge in [0.25, 0.3) is 0 Å². The zero-order chi connectivity index (χ0) is 20.7. The maximum Gasteiger partial charge on any atom is 0.226 e. The van der Waals surface area contributed by atoms with Gasteiger partial charge in [0.2, 0.25) is 5.91 Å². The molecule has 0 fully saturated rings. The van der Waals surface area contributed by atoms with Crippen LogP contribution in [-0.2, 0) is 4.79 Å². The van der Waals surface area contributed by atoms with Crippen LogP contribution in [0.25, 0.3) is 5.69 Å². The maximum absolute atomic E-state index is 13.2. The number of aromatic nitrogens is 2. The van der Waals surface area contributed by atoms with Gasteiger partial charge in [0, 0.05) is 22.6 Å². The first-order chi connectivity index (χ1) is 13.9. The van der Waals surface area contributed by atoms with E-state index in [2.05, 4.69) is 10.4 Å². The number of nitrogens with zero attached hydrogens (tertiary/aromatic N) is 2. The molecular formula is C22H20ClN3O3. The summed E-state index contributed by atoms with van der Waals surface area (Å²) in [6, 6.07) is 12.5. The molecule has 0 unspecified atom stereocenters. The van der Waals surface area contributed by atoms with Gasteiger partial charge in [-0.2, -0.15) is 5.10 Å². The van der Waals surface area contributed by atoms with Crippen molar-refractivity contribution in [3.63, 3.8) is 0 Å². The van der Waals surface area contributed by atoms with E-state index in [0.29, 0.717) is 27.8 Å². The van der Waals surface area contributed by atoms with Crippen molar-refractivity contribution < 1.29 is 14.3 Å². The number of carbonyl (C=O) groups excluding carboxylic acids is 2. The Morgan fingerprint density at radius 2 is 1.93 bits per heavy atom. The Hall–Kier alpha value is -3.12. The summed E-state index contributed by atoms with van der Waals surface area (Å²) in [5, 5.41) is 8.08. The number of methoxy groups -OCH3 is 1. The summed E-state index contributed by atoms with van der Waals surface area (Å²) < 4.78 is 6.80. The van der Waals surface area contributed by atoms with Gasteiger partial charge in [0.05, 0.1) is 24.4 Å². The van der Waals surface area contributed by atoms with Crippen LogP contribution in [0.5, 0.6) is 5.75 Å². The van der Waals surface area contributed by atoms with Crippen molar-refractivity contribution in [2.75, 3.05) is 12.4 Å². The van der Waals surface area contributed by atoms with Crippen molar-refractivity contribution in [2.24, 2.45) is 0 Å². The van der Waals surface area contributed by atoms with Crippen LogP contribution in [0.2, 0.25) is 5.02 Å². The topological polar surface area (TPSA) is 73.2 Å². The Bertz CT molecular complexity index is 1120. The Kier molecular flexibility index (Phi) is 4.88. The van der Waals surface area contributed by atoms with E-state index in [4.69, 9.17) is 16.3 Å². The molecule has 1 aliphatic heterocycles. The lowest BCUT2D eigenvalue weighted by atomic mass is 9.85. The number of nitrogens with one attached hydrogen (secondary N) is 1. The van der Waals surface area contributed by atoms with Gasteiger partial charge in [-0.15, -0.1) is 0 Å². The quantitative estimate of drug-likeness (QED) is 0.645. The Morgan fingerprint density at radius 1 is 1.21 bits per heavy atom. The minimum absolute atomic E-state index is 0.0824. The van der Waals surface area contributed by atoms with Crippen LogP contribution < -0.4 is 10.1 Å². The average Bonchev–Trinajstić information content (AvgIpc) is 3.05. The Morgan fingerprint density at radius 3 is 2.59 bits per heavy atom. The molecule has 6 nitrogen and oxygen atoms in total. The molecule has 29 heavy (non-hydrogen) atoms. The fourth-order valence-electron chi connectivity index (χ4n) is 3.63. The zero-order valence-electron chi connectivity index (χ0n) is 16.3. The summed E-state index contributed by atoms with van der Waals surface area (Å²) in [5.74, 6) is 0.258. The molecule has 1 N–H and O–H groups in total. The monoisotopic (exact) mass is 409 g/mol. The lowest BCUT2D eigenvalue weighted by Crippen LogP contribution is -2.28. The molecule has 2 heterocycles. The van der Waals surface area contributed by atoms with Gasteiger partial charge in [-0.25, -0.2) is 4.68 Å². The van der Waals surface area contributed by atoms with Gasteiger partial charge in [0.15, 0.2) is 5.78 Å². The Labute approximate surface area is 173 Å². The van der Waals surface area contributed by atoms with Crippen LogP contribution in [0.15, 0.2) is 42.5 Å². The minimum Gasteiger partial charge on any atom is -0.497 e. The van der Waals surface area contributed by atoms with Gasteiger partial charge in [-0.1, -0.05) is 17.7 Å². The van der Waals surface area contributed by atoms with E-state index in [1.54, 1.807) is 42.1 Å². The molecular weight excluding hydrogens is 390 g/mol.